The van der Waals surface area contributed by atoms with Crippen molar-refractivity contribution in [2.24, 2.45) is 5.92 Å². The Morgan fingerprint density at radius 1 is 1.38 bits per heavy atom. The minimum absolute atomic E-state index is 0.0277. The largest absolute Gasteiger partial charge is 0.497 e. The van der Waals surface area contributed by atoms with Gasteiger partial charge in [-0.1, -0.05) is 12.1 Å². The van der Waals surface area contributed by atoms with Gasteiger partial charge in [0.15, 0.2) is 5.82 Å². The van der Waals surface area contributed by atoms with Crippen LogP contribution in [0.4, 0.5) is 4.79 Å². The summed E-state index contributed by atoms with van der Waals surface area (Å²) in [5, 5.41) is 13.8. The Morgan fingerprint density at radius 3 is 2.75 bits per heavy atom. The van der Waals surface area contributed by atoms with Crippen LogP contribution in [0.2, 0.25) is 0 Å². The molecule has 1 saturated carbocycles. The molecular weight excluding hydrogens is 306 g/mol. The molecule has 0 aliphatic heterocycles. The normalized spacial score (nSPS) is 14.9. The molecule has 3 rings (SSSR count). The number of carbonyl (C=O) groups excluding carboxylic acids is 1. The van der Waals surface area contributed by atoms with Crippen molar-refractivity contribution < 1.29 is 9.53 Å². The minimum atomic E-state index is -0.187. The van der Waals surface area contributed by atoms with E-state index in [1.165, 1.54) is 0 Å². The van der Waals surface area contributed by atoms with Gasteiger partial charge in [-0.05, 0) is 43.4 Å². The summed E-state index contributed by atoms with van der Waals surface area (Å²) in [5.41, 5.74) is 1.10. The zero-order valence-electron chi connectivity index (χ0n) is 14.0. The Hall–Kier alpha value is -2.57. The molecule has 0 unspecified atom stereocenters. The molecule has 1 fully saturated rings. The summed E-state index contributed by atoms with van der Waals surface area (Å²) in [7, 11) is 1.65. The molecule has 24 heavy (non-hydrogen) atoms. The summed E-state index contributed by atoms with van der Waals surface area (Å²) < 4.78 is 7.10. The van der Waals surface area contributed by atoms with Crippen molar-refractivity contribution in [1.82, 2.24) is 25.4 Å². The number of hydrogen-bond acceptors (Lipinski definition) is 4. The molecule has 1 aliphatic carbocycles. The fraction of sp³-hybridized carbons (Fsp3) is 0.471. The highest BCUT2D eigenvalue weighted by molar-refractivity contribution is 5.74. The average molecular weight is 329 g/mol. The molecular formula is C17H23N5O2. The smallest absolute Gasteiger partial charge is 0.315 e. The van der Waals surface area contributed by atoms with Gasteiger partial charge in [-0.25, -0.2) is 4.79 Å². The number of carbonyl (C=O) groups is 1. The number of aromatic nitrogens is 3. The van der Waals surface area contributed by atoms with Crippen LogP contribution in [-0.4, -0.2) is 27.9 Å². The molecule has 1 heterocycles. The molecule has 1 aromatic carbocycles. The van der Waals surface area contributed by atoms with Crippen LogP contribution < -0.4 is 15.4 Å². The van der Waals surface area contributed by atoms with Gasteiger partial charge in [0, 0.05) is 6.54 Å². The Bertz CT molecular complexity index is 679. The SMILES string of the molecule is CCn1cnnc1CNC(=O)N[C@@H](c1ccc(OC)cc1)C1CC1. The van der Waals surface area contributed by atoms with E-state index < -0.39 is 0 Å². The van der Waals surface area contributed by atoms with Crippen molar-refractivity contribution in [2.75, 3.05) is 7.11 Å². The maximum Gasteiger partial charge on any atom is 0.315 e. The molecule has 1 aliphatic rings. The Kier molecular flexibility index (Phi) is 4.98. The Morgan fingerprint density at radius 2 is 2.12 bits per heavy atom. The number of aryl methyl sites for hydroxylation is 1. The number of hydrogen-bond donors (Lipinski definition) is 2. The maximum atomic E-state index is 12.3. The van der Waals surface area contributed by atoms with Crippen LogP contribution in [0.5, 0.6) is 5.75 Å². The predicted octanol–water partition coefficient (Wildman–Crippen LogP) is 2.26. The monoisotopic (exact) mass is 329 g/mol. The number of benzene rings is 1. The second kappa shape index (κ2) is 7.33. The maximum absolute atomic E-state index is 12.3. The predicted molar refractivity (Wildman–Crippen MR) is 89.5 cm³/mol. The van der Waals surface area contributed by atoms with Gasteiger partial charge < -0.3 is 19.9 Å². The van der Waals surface area contributed by atoms with Crippen molar-refractivity contribution in [1.29, 1.82) is 0 Å². The first-order chi connectivity index (χ1) is 11.7. The minimum Gasteiger partial charge on any atom is -0.497 e. The van der Waals surface area contributed by atoms with E-state index in [2.05, 4.69) is 20.8 Å². The second-order valence-corrected chi connectivity index (χ2v) is 5.95. The average Bonchev–Trinajstić information content (AvgIpc) is 3.35. The first kappa shape index (κ1) is 16.3. The molecule has 1 aromatic heterocycles. The van der Waals surface area contributed by atoms with E-state index in [0.29, 0.717) is 12.5 Å². The Balaban J connectivity index is 1.59. The zero-order chi connectivity index (χ0) is 16.9. The molecule has 2 aromatic rings. The second-order valence-electron chi connectivity index (χ2n) is 5.95. The highest BCUT2D eigenvalue weighted by Crippen LogP contribution is 2.41. The van der Waals surface area contributed by atoms with Crippen molar-refractivity contribution in [3.63, 3.8) is 0 Å². The van der Waals surface area contributed by atoms with Gasteiger partial charge in [0.05, 0.1) is 19.7 Å². The zero-order valence-corrected chi connectivity index (χ0v) is 14.0. The van der Waals surface area contributed by atoms with E-state index in [1.807, 2.05) is 35.8 Å². The molecule has 0 radical (unpaired) electrons. The van der Waals surface area contributed by atoms with Crippen LogP contribution in [-0.2, 0) is 13.1 Å². The van der Waals surface area contributed by atoms with E-state index in [-0.39, 0.29) is 12.1 Å². The number of nitrogens with zero attached hydrogens (tertiary/aromatic N) is 3. The van der Waals surface area contributed by atoms with Crippen molar-refractivity contribution >= 4 is 6.03 Å². The number of methoxy groups -OCH3 is 1. The van der Waals surface area contributed by atoms with E-state index in [0.717, 1.165) is 36.5 Å². The summed E-state index contributed by atoms with van der Waals surface area (Å²) in [4.78, 5) is 12.3. The highest BCUT2D eigenvalue weighted by atomic mass is 16.5. The fourth-order valence-electron chi connectivity index (χ4n) is 2.75. The van der Waals surface area contributed by atoms with E-state index in [4.69, 9.17) is 4.74 Å². The number of rotatable bonds is 7. The summed E-state index contributed by atoms with van der Waals surface area (Å²) in [6.07, 6.45) is 3.95. The van der Waals surface area contributed by atoms with Gasteiger partial charge in [0.1, 0.15) is 12.1 Å². The third-order valence-corrected chi connectivity index (χ3v) is 4.30. The van der Waals surface area contributed by atoms with Crippen LogP contribution >= 0.6 is 0 Å². The van der Waals surface area contributed by atoms with Crippen molar-refractivity contribution in [3.05, 3.63) is 42.0 Å². The molecule has 0 saturated heterocycles. The first-order valence-electron chi connectivity index (χ1n) is 8.26. The van der Waals surface area contributed by atoms with Crippen LogP contribution in [0.3, 0.4) is 0 Å². The summed E-state index contributed by atoms with van der Waals surface area (Å²) in [5.74, 6) is 2.07. The van der Waals surface area contributed by atoms with Crippen LogP contribution in [0.25, 0.3) is 0 Å². The van der Waals surface area contributed by atoms with E-state index in [9.17, 15) is 4.79 Å². The molecule has 2 N–H and O–H groups in total. The molecule has 0 spiro atoms. The molecule has 0 bridgehead atoms. The number of amides is 2. The number of ether oxygens (including phenoxy) is 1. The lowest BCUT2D eigenvalue weighted by Gasteiger charge is -2.19. The van der Waals surface area contributed by atoms with Gasteiger partial charge in [0.2, 0.25) is 0 Å². The van der Waals surface area contributed by atoms with Crippen LogP contribution in [0.15, 0.2) is 30.6 Å². The lowest BCUT2D eigenvalue weighted by atomic mass is 10.0. The number of urea groups is 1. The summed E-state index contributed by atoms with van der Waals surface area (Å²) >= 11 is 0. The van der Waals surface area contributed by atoms with Crippen molar-refractivity contribution in [2.45, 2.75) is 38.9 Å². The van der Waals surface area contributed by atoms with Crippen LogP contribution in [0, 0.1) is 5.92 Å². The first-order valence-corrected chi connectivity index (χ1v) is 8.26. The highest BCUT2D eigenvalue weighted by Gasteiger charge is 2.33. The van der Waals surface area contributed by atoms with Crippen molar-refractivity contribution in [3.8, 4) is 5.75 Å². The van der Waals surface area contributed by atoms with Gasteiger partial charge in [-0.2, -0.15) is 0 Å². The Labute approximate surface area is 141 Å². The van der Waals surface area contributed by atoms with Crippen LogP contribution in [0.1, 0.15) is 37.2 Å². The summed E-state index contributed by atoms with van der Waals surface area (Å²) in [6, 6.07) is 7.71. The van der Waals surface area contributed by atoms with Gasteiger partial charge in [-0.15, -0.1) is 10.2 Å². The standard InChI is InChI=1S/C17H23N5O2/c1-3-22-11-19-21-15(22)10-18-17(23)20-16(12-4-5-12)13-6-8-14(24-2)9-7-13/h6-9,11-12,16H,3-5,10H2,1-2H3,(H2,18,20,23)/t16-/m1/s1. The third kappa shape index (κ3) is 3.84. The molecule has 2 amide bonds. The quantitative estimate of drug-likeness (QED) is 0.816. The molecule has 7 nitrogen and oxygen atoms in total. The van der Waals surface area contributed by atoms with Gasteiger partial charge in [0.25, 0.3) is 0 Å². The van der Waals surface area contributed by atoms with E-state index in [1.54, 1.807) is 13.4 Å². The lowest BCUT2D eigenvalue weighted by Crippen LogP contribution is -2.38. The van der Waals surface area contributed by atoms with Gasteiger partial charge >= 0.3 is 6.03 Å². The van der Waals surface area contributed by atoms with E-state index >= 15 is 0 Å². The number of nitrogens with one attached hydrogen (secondary N) is 2. The lowest BCUT2D eigenvalue weighted by molar-refractivity contribution is 0.234. The fourth-order valence-corrected chi connectivity index (χ4v) is 2.75. The molecule has 128 valence electrons. The molecule has 7 heteroatoms. The summed E-state index contributed by atoms with van der Waals surface area (Å²) in [6.45, 7) is 3.15. The molecule has 1 atom stereocenters. The van der Waals surface area contributed by atoms with Gasteiger partial charge in [-0.3, -0.25) is 0 Å². The topological polar surface area (TPSA) is 81.1 Å². The third-order valence-electron chi connectivity index (χ3n) is 4.30.